The minimum atomic E-state index is -1.01. The molecule has 2 heterocycles. The quantitative estimate of drug-likeness (QED) is 0.890. The van der Waals surface area contributed by atoms with Crippen LogP contribution in [0.15, 0.2) is 5.38 Å². The molecular formula is C13H17NO4S. The zero-order valence-electron chi connectivity index (χ0n) is 10.9. The highest BCUT2D eigenvalue weighted by Crippen LogP contribution is 2.30. The van der Waals surface area contributed by atoms with Crippen LogP contribution in [0.3, 0.4) is 0 Å². The maximum Gasteiger partial charge on any atom is 0.348 e. The predicted octanol–water partition coefficient (Wildman–Crippen LogP) is 2.51. The highest BCUT2D eigenvalue weighted by atomic mass is 32.1. The van der Waals surface area contributed by atoms with Gasteiger partial charge < -0.3 is 15.2 Å². The van der Waals surface area contributed by atoms with E-state index in [1.807, 2.05) is 6.92 Å². The Kier molecular flexibility index (Phi) is 4.21. The Labute approximate surface area is 115 Å². The van der Waals surface area contributed by atoms with E-state index >= 15 is 0 Å². The second-order valence-electron chi connectivity index (χ2n) is 4.63. The van der Waals surface area contributed by atoms with Crippen molar-refractivity contribution in [3.8, 4) is 0 Å². The first-order valence-corrected chi connectivity index (χ1v) is 7.16. The van der Waals surface area contributed by atoms with Gasteiger partial charge in [-0.2, -0.15) is 0 Å². The number of carboxylic acid groups (broad SMARTS) is 1. The lowest BCUT2D eigenvalue weighted by atomic mass is 9.98. The van der Waals surface area contributed by atoms with Gasteiger partial charge in [0.15, 0.2) is 0 Å². The van der Waals surface area contributed by atoms with Gasteiger partial charge in [0.25, 0.3) is 0 Å². The maximum atomic E-state index is 12.2. The third kappa shape index (κ3) is 2.79. The van der Waals surface area contributed by atoms with E-state index in [4.69, 9.17) is 9.84 Å². The third-order valence-corrected chi connectivity index (χ3v) is 4.45. The van der Waals surface area contributed by atoms with Crippen molar-refractivity contribution in [2.75, 3.05) is 11.9 Å². The van der Waals surface area contributed by atoms with Crippen molar-refractivity contribution < 1.29 is 19.4 Å². The largest absolute Gasteiger partial charge is 0.477 e. The van der Waals surface area contributed by atoms with Gasteiger partial charge in [-0.25, -0.2) is 4.79 Å². The summed E-state index contributed by atoms with van der Waals surface area (Å²) in [6.07, 6.45) is 1.41. The summed E-state index contributed by atoms with van der Waals surface area (Å²) in [5, 5.41) is 13.6. The first-order chi connectivity index (χ1) is 9.04. The lowest BCUT2D eigenvalue weighted by Crippen LogP contribution is -2.29. The van der Waals surface area contributed by atoms with Crippen molar-refractivity contribution in [2.24, 2.45) is 5.92 Å². The zero-order valence-corrected chi connectivity index (χ0v) is 11.8. The van der Waals surface area contributed by atoms with E-state index < -0.39 is 5.97 Å². The minimum absolute atomic E-state index is 0.0628. The Hall–Kier alpha value is -1.40. The summed E-state index contributed by atoms with van der Waals surface area (Å²) < 4.78 is 5.49. The molecule has 104 valence electrons. The fourth-order valence-electron chi connectivity index (χ4n) is 2.32. The number of anilines is 1. The van der Waals surface area contributed by atoms with E-state index in [1.54, 1.807) is 12.3 Å². The molecule has 0 radical (unpaired) electrons. The SMILES string of the molecule is CCC1OCCC1C(=O)Nc1c(C)csc1C(=O)O. The molecule has 1 aromatic heterocycles. The van der Waals surface area contributed by atoms with Crippen molar-refractivity contribution in [1.82, 2.24) is 0 Å². The number of nitrogens with one attached hydrogen (secondary N) is 1. The highest BCUT2D eigenvalue weighted by molar-refractivity contribution is 7.12. The summed E-state index contributed by atoms with van der Waals surface area (Å²) in [7, 11) is 0. The van der Waals surface area contributed by atoms with Crippen LogP contribution in [0.5, 0.6) is 0 Å². The van der Waals surface area contributed by atoms with Crippen molar-refractivity contribution in [2.45, 2.75) is 32.8 Å². The Bertz CT molecular complexity index is 497. The zero-order chi connectivity index (χ0) is 14.0. The first kappa shape index (κ1) is 14.0. The summed E-state index contributed by atoms with van der Waals surface area (Å²) in [5.74, 6) is -1.34. The molecule has 19 heavy (non-hydrogen) atoms. The van der Waals surface area contributed by atoms with Gasteiger partial charge in [-0.15, -0.1) is 11.3 Å². The molecule has 2 unspecified atom stereocenters. The molecule has 2 N–H and O–H groups in total. The second-order valence-corrected chi connectivity index (χ2v) is 5.51. The molecule has 0 bridgehead atoms. The van der Waals surface area contributed by atoms with Crippen LogP contribution in [0.1, 0.15) is 35.0 Å². The van der Waals surface area contributed by atoms with Crippen LogP contribution >= 0.6 is 11.3 Å². The molecule has 1 saturated heterocycles. The molecule has 0 spiro atoms. The number of hydrogen-bond donors (Lipinski definition) is 2. The number of hydrogen-bond acceptors (Lipinski definition) is 4. The average Bonchev–Trinajstić information content (AvgIpc) is 2.96. The van der Waals surface area contributed by atoms with E-state index in [2.05, 4.69) is 5.32 Å². The molecule has 1 aliphatic rings. The number of aryl methyl sites for hydroxylation is 1. The number of rotatable bonds is 4. The monoisotopic (exact) mass is 283 g/mol. The molecule has 0 aliphatic carbocycles. The van der Waals surface area contributed by atoms with E-state index in [0.717, 1.165) is 23.3 Å². The van der Waals surface area contributed by atoms with Crippen LogP contribution in [0.4, 0.5) is 5.69 Å². The van der Waals surface area contributed by atoms with Crippen molar-refractivity contribution >= 4 is 28.9 Å². The third-order valence-electron chi connectivity index (χ3n) is 3.37. The van der Waals surface area contributed by atoms with Gasteiger partial charge in [0.2, 0.25) is 5.91 Å². The molecule has 6 heteroatoms. The average molecular weight is 283 g/mol. The summed E-state index contributed by atoms with van der Waals surface area (Å²) >= 11 is 1.13. The molecule has 1 aliphatic heterocycles. The van der Waals surface area contributed by atoms with Gasteiger partial charge in [-0.05, 0) is 30.7 Å². The molecule has 0 aromatic carbocycles. The normalized spacial score (nSPS) is 22.4. The van der Waals surface area contributed by atoms with Gasteiger partial charge in [0.05, 0.1) is 17.7 Å². The van der Waals surface area contributed by atoms with Gasteiger partial charge in [0, 0.05) is 6.61 Å². The number of ether oxygens (including phenoxy) is 1. The summed E-state index contributed by atoms with van der Waals surface area (Å²) in [6, 6.07) is 0. The van der Waals surface area contributed by atoms with Crippen molar-refractivity contribution in [3.63, 3.8) is 0 Å². The van der Waals surface area contributed by atoms with Gasteiger partial charge >= 0.3 is 5.97 Å². The number of carbonyl (C=O) groups is 2. The van der Waals surface area contributed by atoms with Crippen molar-refractivity contribution in [3.05, 3.63) is 15.8 Å². The Balaban J connectivity index is 2.15. The molecule has 2 rings (SSSR count). The molecule has 1 aromatic rings. The van der Waals surface area contributed by atoms with Crippen LogP contribution in [-0.2, 0) is 9.53 Å². The topological polar surface area (TPSA) is 75.6 Å². The summed E-state index contributed by atoms with van der Waals surface area (Å²) in [5.41, 5.74) is 1.20. The second kappa shape index (κ2) is 5.71. The molecule has 0 saturated carbocycles. The van der Waals surface area contributed by atoms with E-state index in [0.29, 0.717) is 18.7 Å². The number of thiophene rings is 1. The predicted molar refractivity (Wildman–Crippen MR) is 72.8 cm³/mol. The number of carboxylic acids is 1. The number of carbonyl (C=O) groups excluding carboxylic acids is 1. The Morgan fingerprint density at radius 3 is 2.95 bits per heavy atom. The molecule has 2 atom stereocenters. The molecular weight excluding hydrogens is 266 g/mol. The lowest BCUT2D eigenvalue weighted by Gasteiger charge is -2.16. The molecule has 1 fully saturated rings. The Morgan fingerprint density at radius 2 is 2.32 bits per heavy atom. The summed E-state index contributed by atoms with van der Waals surface area (Å²) in [4.78, 5) is 23.5. The fourth-order valence-corrected chi connectivity index (χ4v) is 3.17. The Morgan fingerprint density at radius 1 is 1.58 bits per heavy atom. The molecule has 5 nitrogen and oxygen atoms in total. The van der Waals surface area contributed by atoms with Gasteiger partial charge in [-0.3, -0.25) is 4.79 Å². The van der Waals surface area contributed by atoms with E-state index in [9.17, 15) is 9.59 Å². The van der Waals surface area contributed by atoms with Crippen molar-refractivity contribution in [1.29, 1.82) is 0 Å². The van der Waals surface area contributed by atoms with Gasteiger partial charge in [-0.1, -0.05) is 6.92 Å². The van der Waals surface area contributed by atoms with E-state index in [1.165, 1.54) is 0 Å². The van der Waals surface area contributed by atoms with Gasteiger partial charge in [0.1, 0.15) is 4.88 Å². The van der Waals surface area contributed by atoms with E-state index in [-0.39, 0.29) is 22.8 Å². The van der Waals surface area contributed by atoms with Crippen LogP contribution < -0.4 is 5.32 Å². The molecule has 1 amide bonds. The van der Waals surface area contributed by atoms with Crippen LogP contribution in [0.2, 0.25) is 0 Å². The lowest BCUT2D eigenvalue weighted by molar-refractivity contribution is -0.121. The number of amides is 1. The number of aromatic carboxylic acids is 1. The first-order valence-electron chi connectivity index (χ1n) is 6.28. The smallest absolute Gasteiger partial charge is 0.348 e. The minimum Gasteiger partial charge on any atom is -0.477 e. The maximum absolute atomic E-state index is 12.2. The standard InChI is InChI=1S/C13H17NO4S/c1-3-9-8(4-5-18-9)12(15)14-10-7(2)6-19-11(10)13(16)17/h6,8-9H,3-5H2,1-2H3,(H,14,15)(H,16,17). The van der Waals surface area contributed by atoms with Crippen LogP contribution in [0, 0.1) is 12.8 Å². The van der Waals surface area contributed by atoms with Crippen LogP contribution in [0.25, 0.3) is 0 Å². The van der Waals surface area contributed by atoms with Crippen LogP contribution in [-0.4, -0.2) is 29.7 Å². The fraction of sp³-hybridized carbons (Fsp3) is 0.538. The highest BCUT2D eigenvalue weighted by Gasteiger charge is 2.33. The summed E-state index contributed by atoms with van der Waals surface area (Å²) in [6.45, 7) is 4.36.